The molecular formula is C21H22O4. The molecule has 2 aromatic carbocycles. The van der Waals surface area contributed by atoms with E-state index in [9.17, 15) is 4.79 Å². The van der Waals surface area contributed by atoms with Crippen LogP contribution < -0.4 is 0 Å². The Hall–Kier alpha value is -2.43. The highest BCUT2D eigenvalue weighted by Gasteiger charge is 2.33. The second-order valence-electron chi connectivity index (χ2n) is 6.03. The molecule has 0 bridgehead atoms. The van der Waals surface area contributed by atoms with Crippen molar-refractivity contribution < 1.29 is 19.0 Å². The molecule has 0 aromatic heterocycles. The summed E-state index contributed by atoms with van der Waals surface area (Å²) >= 11 is 0. The normalized spacial score (nSPS) is 22.8. The lowest BCUT2D eigenvalue weighted by Gasteiger charge is -2.34. The Morgan fingerprint density at radius 3 is 2.04 bits per heavy atom. The number of ether oxygens (including phenoxy) is 3. The van der Waals surface area contributed by atoms with E-state index in [1.54, 1.807) is 6.08 Å². The molecule has 0 saturated heterocycles. The molecule has 1 aliphatic heterocycles. The summed E-state index contributed by atoms with van der Waals surface area (Å²) in [4.78, 5) is 11.1. The average molecular weight is 338 g/mol. The van der Waals surface area contributed by atoms with E-state index in [0.29, 0.717) is 25.3 Å². The number of benzene rings is 2. The van der Waals surface area contributed by atoms with Gasteiger partial charge in [0, 0.05) is 0 Å². The average Bonchev–Trinajstić information content (AvgIpc) is 2.67. The fourth-order valence-electron chi connectivity index (χ4n) is 2.82. The highest BCUT2D eigenvalue weighted by atomic mass is 16.6. The summed E-state index contributed by atoms with van der Waals surface area (Å²) in [5.41, 5.74) is 2.16. The number of hydrogen-bond donors (Lipinski definition) is 0. The first-order valence-electron chi connectivity index (χ1n) is 8.41. The second kappa shape index (κ2) is 8.60. The monoisotopic (exact) mass is 338 g/mol. The smallest absolute Gasteiger partial charge is 0.184 e. The summed E-state index contributed by atoms with van der Waals surface area (Å²) in [6, 6.07) is 19.9. The van der Waals surface area contributed by atoms with Crippen molar-refractivity contribution >= 4 is 6.29 Å². The van der Waals surface area contributed by atoms with Gasteiger partial charge in [-0.25, -0.2) is 0 Å². The lowest BCUT2D eigenvalue weighted by Crippen LogP contribution is -2.43. The van der Waals surface area contributed by atoms with Crippen LogP contribution in [0.15, 0.2) is 72.5 Å². The minimum absolute atomic E-state index is 0.269. The molecule has 4 heteroatoms. The Kier molecular flexibility index (Phi) is 5.99. The fraction of sp³-hybridized carbons (Fsp3) is 0.286. The van der Waals surface area contributed by atoms with Crippen LogP contribution in [-0.2, 0) is 32.2 Å². The van der Waals surface area contributed by atoms with Gasteiger partial charge in [0.15, 0.2) is 12.0 Å². The van der Waals surface area contributed by atoms with Gasteiger partial charge < -0.3 is 14.2 Å². The predicted molar refractivity (Wildman–Crippen MR) is 94.7 cm³/mol. The van der Waals surface area contributed by atoms with Gasteiger partial charge in [0.05, 0.1) is 13.2 Å². The highest BCUT2D eigenvalue weighted by Crippen LogP contribution is 2.24. The van der Waals surface area contributed by atoms with Crippen molar-refractivity contribution in [1.29, 1.82) is 0 Å². The van der Waals surface area contributed by atoms with Crippen molar-refractivity contribution in [3.63, 3.8) is 0 Å². The highest BCUT2D eigenvalue weighted by molar-refractivity contribution is 5.70. The molecule has 0 spiro atoms. The molecule has 4 nitrogen and oxygen atoms in total. The number of aldehydes is 1. The Morgan fingerprint density at radius 2 is 1.48 bits per heavy atom. The number of allylic oxidation sites excluding steroid dienone is 1. The fourth-order valence-corrected chi connectivity index (χ4v) is 2.82. The van der Waals surface area contributed by atoms with Crippen LogP contribution in [0.2, 0.25) is 0 Å². The van der Waals surface area contributed by atoms with E-state index in [1.165, 1.54) is 0 Å². The molecule has 0 amide bonds. The van der Waals surface area contributed by atoms with Crippen molar-refractivity contribution in [3.8, 4) is 0 Å². The molecule has 3 atom stereocenters. The van der Waals surface area contributed by atoms with Crippen molar-refractivity contribution in [2.45, 2.75) is 38.4 Å². The Labute approximate surface area is 148 Å². The van der Waals surface area contributed by atoms with Gasteiger partial charge in [-0.3, -0.25) is 4.79 Å². The minimum Gasteiger partial charge on any atom is -0.485 e. The SMILES string of the molecule is C[C@@H]1OC(C=O)=C[C@H](OCc2ccccc2)[C@@H]1OCc1ccccc1. The first-order valence-corrected chi connectivity index (χ1v) is 8.41. The summed E-state index contributed by atoms with van der Waals surface area (Å²) in [7, 11) is 0. The molecule has 0 unspecified atom stereocenters. The summed E-state index contributed by atoms with van der Waals surface area (Å²) in [6.45, 7) is 2.81. The van der Waals surface area contributed by atoms with E-state index in [-0.39, 0.29) is 18.3 Å². The first kappa shape index (κ1) is 17.4. The molecule has 130 valence electrons. The first-order chi connectivity index (χ1) is 12.3. The van der Waals surface area contributed by atoms with E-state index >= 15 is 0 Å². The molecule has 3 rings (SSSR count). The molecule has 0 radical (unpaired) electrons. The lowest BCUT2D eigenvalue weighted by atomic mass is 10.0. The molecule has 0 fully saturated rings. The molecule has 0 N–H and O–H groups in total. The zero-order chi connectivity index (χ0) is 17.5. The number of hydrogen-bond acceptors (Lipinski definition) is 4. The molecule has 0 aliphatic carbocycles. The van der Waals surface area contributed by atoms with Gasteiger partial charge in [-0.05, 0) is 24.1 Å². The molecular weight excluding hydrogens is 316 g/mol. The van der Waals surface area contributed by atoms with Gasteiger partial charge in [0.25, 0.3) is 0 Å². The number of carbonyl (C=O) groups is 1. The molecule has 0 saturated carbocycles. The van der Waals surface area contributed by atoms with Crippen LogP contribution in [-0.4, -0.2) is 24.6 Å². The van der Waals surface area contributed by atoms with Crippen LogP contribution in [0.4, 0.5) is 0 Å². The predicted octanol–water partition coefficient (Wildman–Crippen LogP) is 3.66. The van der Waals surface area contributed by atoms with E-state index in [4.69, 9.17) is 14.2 Å². The van der Waals surface area contributed by atoms with Crippen LogP contribution in [0.3, 0.4) is 0 Å². The standard InChI is InChI=1S/C21H22O4/c1-16-21(24-15-18-10-6-3-7-11-18)20(12-19(13-22)25-16)23-14-17-8-4-2-5-9-17/h2-13,16,20-21H,14-15H2,1H3/t16-,20-,21+/m0/s1. The van der Waals surface area contributed by atoms with Crippen molar-refractivity contribution in [2.24, 2.45) is 0 Å². The Balaban J connectivity index is 1.68. The molecule has 1 aliphatic rings. The summed E-state index contributed by atoms with van der Waals surface area (Å²) in [6.07, 6.45) is 1.52. The van der Waals surface area contributed by atoms with E-state index in [0.717, 1.165) is 11.1 Å². The maximum atomic E-state index is 11.1. The third-order valence-corrected chi connectivity index (χ3v) is 4.12. The zero-order valence-electron chi connectivity index (χ0n) is 14.2. The number of carbonyl (C=O) groups excluding carboxylic acids is 1. The summed E-state index contributed by atoms with van der Waals surface area (Å²) < 4.78 is 17.7. The quantitative estimate of drug-likeness (QED) is 0.723. The van der Waals surface area contributed by atoms with Crippen molar-refractivity contribution in [3.05, 3.63) is 83.6 Å². The topological polar surface area (TPSA) is 44.8 Å². The molecule has 25 heavy (non-hydrogen) atoms. The maximum Gasteiger partial charge on any atom is 0.184 e. The van der Waals surface area contributed by atoms with Crippen LogP contribution in [0.25, 0.3) is 0 Å². The van der Waals surface area contributed by atoms with Crippen LogP contribution in [0.1, 0.15) is 18.1 Å². The number of rotatable bonds is 7. The zero-order valence-corrected chi connectivity index (χ0v) is 14.2. The van der Waals surface area contributed by atoms with Gasteiger partial charge in [0.2, 0.25) is 0 Å². The van der Waals surface area contributed by atoms with E-state index in [1.807, 2.05) is 67.6 Å². The van der Waals surface area contributed by atoms with E-state index < -0.39 is 0 Å². The second-order valence-corrected chi connectivity index (χ2v) is 6.03. The maximum absolute atomic E-state index is 11.1. The van der Waals surface area contributed by atoms with Crippen molar-refractivity contribution in [2.75, 3.05) is 0 Å². The lowest BCUT2D eigenvalue weighted by molar-refractivity contribution is -0.136. The Bertz CT molecular complexity index is 696. The third kappa shape index (κ3) is 4.78. The summed E-state index contributed by atoms with van der Waals surface area (Å²) in [5.74, 6) is 0.296. The van der Waals surface area contributed by atoms with Gasteiger partial charge >= 0.3 is 0 Å². The molecule has 2 aromatic rings. The minimum atomic E-state index is -0.340. The Morgan fingerprint density at radius 1 is 0.920 bits per heavy atom. The van der Waals surface area contributed by atoms with Gasteiger partial charge in [-0.2, -0.15) is 0 Å². The largest absolute Gasteiger partial charge is 0.485 e. The van der Waals surface area contributed by atoms with Crippen LogP contribution >= 0.6 is 0 Å². The summed E-state index contributed by atoms with van der Waals surface area (Å²) in [5, 5.41) is 0. The van der Waals surface area contributed by atoms with Gasteiger partial charge in [-0.1, -0.05) is 60.7 Å². The van der Waals surface area contributed by atoms with Gasteiger partial charge in [-0.15, -0.1) is 0 Å². The van der Waals surface area contributed by atoms with Crippen LogP contribution in [0, 0.1) is 0 Å². The molecule has 1 heterocycles. The van der Waals surface area contributed by atoms with Crippen LogP contribution in [0.5, 0.6) is 0 Å². The van der Waals surface area contributed by atoms with E-state index in [2.05, 4.69) is 0 Å². The van der Waals surface area contributed by atoms with Gasteiger partial charge in [0.1, 0.15) is 18.3 Å². The third-order valence-electron chi connectivity index (χ3n) is 4.12. The van der Waals surface area contributed by atoms with Crippen molar-refractivity contribution in [1.82, 2.24) is 0 Å².